The maximum atomic E-state index is 11.1. The van der Waals surface area contributed by atoms with Crippen LogP contribution in [0, 0.1) is 0 Å². The quantitative estimate of drug-likeness (QED) is 0.640. The molecule has 0 bridgehead atoms. The predicted molar refractivity (Wildman–Crippen MR) is 66.5 cm³/mol. The van der Waals surface area contributed by atoms with Gasteiger partial charge in [0.15, 0.2) is 0 Å². The van der Waals surface area contributed by atoms with E-state index in [1.165, 1.54) is 0 Å². The van der Waals surface area contributed by atoms with E-state index in [2.05, 4.69) is 0 Å². The minimum atomic E-state index is -0.537. The average Bonchev–Trinajstić information content (AvgIpc) is 2.46. The minimum absolute atomic E-state index is 0.379. The predicted octanol–water partition coefficient (Wildman–Crippen LogP) is 2.38. The van der Waals surface area contributed by atoms with E-state index < -0.39 is 5.91 Å². The highest BCUT2D eigenvalue weighted by Crippen LogP contribution is 2.14. The molecule has 0 spiro atoms. The summed E-state index contributed by atoms with van der Waals surface area (Å²) in [4.78, 5) is 11.1. The van der Waals surface area contributed by atoms with E-state index in [0.717, 1.165) is 5.56 Å². The maximum absolute atomic E-state index is 11.1. The third-order valence-corrected chi connectivity index (χ3v) is 2.47. The van der Waals surface area contributed by atoms with Crippen molar-refractivity contribution >= 4 is 5.91 Å². The van der Waals surface area contributed by atoms with Gasteiger partial charge >= 0.3 is 0 Å². The van der Waals surface area contributed by atoms with Crippen LogP contribution in [-0.4, -0.2) is 11.1 Å². The van der Waals surface area contributed by atoms with Crippen molar-refractivity contribution in [1.29, 1.82) is 0 Å². The smallest absolute Gasteiger partial charge is 0.274 e. The summed E-state index contributed by atoms with van der Waals surface area (Å²) in [6.45, 7) is 0.479. The van der Waals surface area contributed by atoms with Gasteiger partial charge in [-0.2, -0.15) is 0 Å². The molecule has 18 heavy (non-hydrogen) atoms. The zero-order valence-corrected chi connectivity index (χ0v) is 9.67. The third kappa shape index (κ3) is 3.09. The molecule has 4 heteroatoms. The van der Waals surface area contributed by atoms with E-state index in [1.807, 2.05) is 30.3 Å². The minimum Gasteiger partial charge on any atom is -0.489 e. The molecule has 0 saturated carbocycles. The molecule has 0 saturated heterocycles. The number of rotatable bonds is 4. The van der Waals surface area contributed by atoms with Crippen LogP contribution in [0.25, 0.3) is 0 Å². The number of hydrogen-bond donors (Lipinski definition) is 2. The molecule has 4 nitrogen and oxygen atoms in total. The van der Waals surface area contributed by atoms with E-state index in [1.54, 1.807) is 29.7 Å². The van der Waals surface area contributed by atoms with Crippen molar-refractivity contribution < 1.29 is 14.7 Å². The Balaban J connectivity index is 1.97. The number of amides is 1. The summed E-state index contributed by atoms with van der Waals surface area (Å²) in [6, 6.07) is 16.4. The Morgan fingerprint density at radius 3 is 2.33 bits per heavy atom. The van der Waals surface area contributed by atoms with E-state index >= 15 is 0 Å². The van der Waals surface area contributed by atoms with Crippen molar-refractivity contribution in [3.05, 3.63) is 65.7 Å². The first-order valence-electron chi connectivity index (χ1n) is 5.51. The highest BCUT2D eigenvalue weighted by molar-refractivity contribution is 5.93. The van der Waals surface area contributed by atoms with Gasteiger partial charge < -0.3 is 4.74 Å². The maximum Gasteiger partial charge on any atom is 0.274 e. The first-order valence-corrected chi connectivity index (χ1v) is 5.51. The van der Waals surface area contributed by atoms with Crippen LogP contribution in [-0.2, 0) is 6.61 Å². The van der Waals surface area contributed by atoms with E-state index in [-0.39, 0.29) is 0 Å². The number of carbonyl (C=O) groups excluding carboxylic acids is 1. The van der Waals surface area contributed by atoms with Gasteiger partial charge in [0.25, 0.3) is 5.91 Å². The van der Waals surface area contributed by atoms with Crippen LogP contribution in [0.4, 0.5) is 0 Å². The van der Waals surface area contributed by atoms with Crippen LogP contribution in [0.3, 0.4) is 0 Å². The topological polar surface area (TPSA) is 58.6 Å². The Hall–Kier alpha value is -2.33. The van der Waals surface area contributed by atoms with Crippen molar-refractivity contribution in [3.63, 3.8) is 0 Å². The monoisotopic (exact) mass is 243 g/mol. The fourth-order valence-corrected chi connectivity index (χ4v) is 1.51. The van der Waals surface area contributed by atoms with E-state index in [9.17, 15) is 4.79 Å². The summed E-state index contributed by atoms with van der Waals surface area (Å²) in [6.07, 6.45) is 0. The van der Waals surface area contributed by atoms with Gasteiger partial charge in [0.05, 0.1) is 0 Å². The molecule has 0 aliphatic rings. The van der Waals surface area contributed by atoms with Gasteiger partial charge in [-0.05, 0) is 29.8 Å². The Kier molecular flexibility index (Phi) is 3.94. The van der Waals surface area contributed by atoms with Crippen molar-refractivity contribution in [1.82, 2.24) is 5.48 Å². The van der Waals surface area contributed by atoms with Gasteiger partial charge in [-0.3, -0.25) is 10.0 Å². The summed E-state index contributed by atoms with van der Waals surface area (Å²) in [5.41, 5.74) is 3.04. The first-order chi connectivity index (χ1) is 8.79. The van der Waals surface area contributed by atoms with Crippen molar-refractivity contribution in [2.45, 2.75) is 6.61 Å². The highest BCUT2D eigenvalue weighted by atomic mass is 16.5. The Morgan fingerprint density at radius 1 is 1.06 bits per heavy atom. The molecule has 0 atom stereocenters. The lowest BCUT2D eigenvalue weighted by Crippen LogP contribution is -2.18. The first kappa shape index (κ1) is 12.1. The summed E-state index contributed by atoms with van der Waals surface area (Å²) in [5, 5.41) is 8.48. The number of benzene rings is 2. The second-order valence-corrected chi connectivity index (χ2v) is 3.74. The van der Waals surface area contributed by atoms with Crippen LogP contribution in [0.5, 0.6) is 5.75 Å². The Morgan fingerprint density at radius 2 is 1.72 bits per heavy atom. The van der Waals surface area contributed by atoms with Crippen LogP contribution in [0.15, 0.2) is 54.6 Å². The molecule has 2 N–H and O–H groups in total. The molecule has 0 fully saturated rings. The lowest BCUT2D eigenvalue weighted by atomic mass is 10.2. The van der Waals surface area contributed by atoms with E-state index in [4.69, 9.17) is 9.94 Å². The number of ether oxygens (including phenoxy) is 1. The molecule has 2 aromatic carbocycles. The van der Waals surface area contributed by atoms with Crippen LogP contribution < -0.4 is 10.2 Å². The van der Waals surface area contributed by atoms with Crippen molar-refractivity contribution in [2.24, 2.45) is 0 Å². The normalized spacial score (nSPS) is 9.83. The summed E-state index contributed by atoms with van der Waals surface area (Å²) >= 11 is 0. The average molecular weight is 243 g/mol. The molecule has 0 aromatic heterocycles. The molecule has 0 aliphatic carbocycles. The van der Waals surface area contributed by atoms with Crippen molar-refractivity contribution in [2.75, 3.05) is 0 Å². The van der Waals surface area contributed by atoms with Gasteiger partial charge in [-0.15, -0.1) is 0 Å². The Labute approximate surface area is 105 Å². The number of hydroxylamine groups is 1. The molecule has 0 heterocycles. The number of carbonyl (C=O) groups is 1. The number of nitrogens with one attached hydrogen (secondary N) is 1. The Bertz CT molecular complexity index is 508. The fourth-order valence-electron chi connectivity index (χ4n) is 1.51. The molecular formula is C14H13NO3. The van der Waals surface area contributed by atoms with Crippen LogP contribution in [0.2, 0.25) is 0 Å². The molecular weight excluding hydrogens is 230 g/mol. The molecule has 0 radical (unpaired) electrons. The second-order valence-electron chi connectivity index (χ2n) is 3.74. The van der Waals surface area contributed by atoms with Crippen LogP contribution in [0.1, 0.15) is 15.9 Å². The fraction of sp³-hybridized carbons (Fsp3) is 0.0714. The summed E-state index contributed by atoms with van der Waals surface area (Å²) < 4.78 is 5.57. The van der Waals surface area contributed by atoms with Gasteiger partial charge in [-0.25, -0.2) is 5.48 Å². The van der Waals surface area contributed by atoms with Gasteiger partial charge in [0.1, 0.15) is 12.4 Å². The molecule has 0 aliphatic heterocycles. The summed E-state index contributed by atoms with van der Waals surface area (Å²) in [7, 11) is 0. The lowest BCUT2D eigenvalue weighted by molar-refractivity contribution is 0.0706. The van der Waals surface area contributed by atoms with Crippen LogP contribution >= 0.6 is 0 Å². The molecule has 1 amide bonds. The molecule has 2 aromatic rings. The van der Waals surface area contributed by atoms with Gasteiger partial charge in [-0.1, -0.05) is 30.3 Å². The number of hydrogen-bond acceptors (Lipinski definition) is 3. The molecule has 2 rings (SSSR count). The third-order valence-electron chi connectivity index (χ3n) is 2.47. The van der Waals surface area contributed by atoms with Gasteiger partial charge in [0.2, 0.25) is 0 Å². The van der Waals surface area contributed by atoms with Crippen molar-refractivity contribution in [3.8, 4) is 5.75 Å². The zero-order chi connectivity index (χ0) is 12.8. The van der Waals surface area contributed by atoms with Gasteiger partial charge in [0, 0.05) is 5.56 Å². The highest BCUT2D eigenvalue weighted by Gasteiger charge is 2.03. The standard InChI is InChI=1S/C14H13NO3/c16-14(15-17)12-6-8-13(9-7-12)18-10-11-4-2-1-3-5-11/h1-9,17H,10H2,(H,15,16). The molecule has 0 unspecified atom stereocenters. The molecule has 92 valence electrons. The lowest BCUT2D eigenvalue weighted by Gasteiger charge is -2.06. The SMILES string of the molecule is O=C(NO)c1ccc(OCc2ccccc2)cc1. The largest absolute Gasteiger partial charge is 0.489 e. The zero-order valence-electron chi connectivity index (χ0n) is 9.67. The second kappa shape index (κ2) is 5.84. The summed E-state index contributed by atoms with van der Waals surface area (Å²) in [5.74, 6) is 0.137. The van der Waals surface area contributed by atoms with E-state index in [0.29, 0.717) is 17.9 Å².